The molecular weight excluding hydrogens is 280 g/mol. The van der Waals surface area contributed by atoms with Gasteiger partial charge in [-0.15, -0.1) is 0 Å². The molecule has 2 aliphatic rings. The quantitative estimate of drug-likeness (QED) is 0.907. The Labute approximate surface area is 130 Å². The van der Waals surface area contributed by atoms with Gasteiger partial charge in [0.05, 0.1) is 12.4 Å². The third-order valence-electron chi connectivity index (χ3n) is 4.23. The van der Waals surface area contributed by atoms with Crippen LogP contribution in [0.4, 0.5) is 4.79 Å². The maximum atomic E-state index is 10.7. The average Bonchev–Trinajstić information content (AvgIpc) is 2.48. The van der Waals surface area contributed by atoms with Crippen molar-refractivity contribution in [3.05, 3.63) is 47.7 Å². The van der Waals surface area contributed by atoms with Gasteiger partial charge >= 0.3 is 6.09 Å². The summed E-state index contributed by atoms with van der Waals surface area (Å²) in [6.07, 6.45) is 2.26. The lowest BCUT2D eigenvalue weighted by Crippen LogP contribution is -2.51. The van der Waals surface area contributed by atoms with Crippen molar-refractivity contribution in [2.45, 2.75) is 13.0 Å². The molecule has 1 saturated heterocycles. The Morgan fingerprint density at radius 3 is 2.68 bits per heavy atom. The maximum absolute atomic E-state index is 10.7. The van der Waals surface area contributed by atoms with E-state index in [-0.39, 0.29) is 0 Å². The second kappa shape index (κ2) is 6.83. The van der Waals surface area contributed by atoms with Crippen LogP contribution < -0.4 is 0 Å². The highest BCUT2D eigenvalue weighted by Crippen LogP contribution is 2.20. The largest absolute Gasteiger partial charge is 0.498 e. The zero-order valence-electron chi connectivity index (χ0n) is 12.6. The van der Waals surface area contributed by atoms with Crippen LogP contribution in [-0.4, -0.2) is 53.8 Å². The zero-order valence-corrected chi connectivity index (χ0v) is 12.6. The molecule has 0 unspecified atom stereocenters. The molecule has 22 heavy (non-hydrogen) atoms. The molecule has 1 amide bonds. The van der Waals surface area contributed by atoms with Gasteiger partial charge in [0.25, 0.3) is 0 Å². The summed E-state index contributed by atoms with van der Waals surface area (Å²) in [6, 6.07) is 10.5. The van der Waals surface area contributed by atoms with E-state index in [1.54, 1.807) is 0 Å². The lowest BCUT2D eigenvalue weighted by molar-refractivity contribution is 0.0369. The summed E-state index contributed by atoms with van der Waals surface area (Å²) in [5.41, 5.74) is 1.34. The number of hydrogen-bond donors (Lipinski definition) is 1. The van der Waals surface area contributed by atoms with Gasteiger partial charge in [0.15, 0.2) is 0 Å². The Kier molecular flexibility index (Phi) is 4.63. The van der Waals surface area contributed by atoms with Gasteiger partial charge in [0.2, 0.25) is 0 Å². The molecule has 2 aliphatic heterocycles. The van der Waals surface area contributed by atoms with Crippen LogP contribution in [0.2, 0.25) is 0 Å². The minimum Gasteiger partial charge on any atom is -0.498 e. The summed E-state index contributed by atoms with van der Waals surface area (Å²) in [6.45, 7) is 4.73. The van der Waals surface area contributed by atoms with E-state index in [2.05, 4.69) is 35.2 Å². The number of rotatable bonds is 5. The molecule has 2 heterocycles. The Hall–Kier alpha value is -2.01. The fraction of sp³-hybridized carbons (Fsp3) is 0.471. The summed E-state index contributed by atoms with van der Waals surface area (Å²) in [5, 5.41) is 8.79. The highest BCUT2D eigenvalue weighted by Gasteiger charge is 2.31. The smallest absolute Gasteiger partial charge is 0.407 e. The third kappa shape index (κ3) is 3.80. The van der Waals surface area contributed by atoms with E-state index in [1.807, 2.05) is 6.07 Å². The van der Waals surface area contributed by atoms with Crippen molar-refractivity contribution in [1.29, 1.82) is 0 Å². The molecule has 0 aliphatic carbocycles. The lowest BCUT2D eigenvalue weighted by atomic mass is 10.0. The number of nitrogens with zero attached hydrogens (tertiary/aromatic N) is 2. The number of ether oxygens (including phenoxy) is 1. The number of carbonyl (C=O) groups is 1. The number of benzene rings is 1. The molecule has 1 aromatic carbocycles. The molecule has 0 atom stereocenters. The molecular formula is C17H22N2O3. The number of hydrogen-bond acceptors (Lipinski definition) is 3. The van der Waals surface area contributed by atoms with Crippen LogP contribution >= 0.6 is 0 Å². The van der Waals surface area contributed by atoms with Crippen LogP contribution in [0, 0.1) is 5.92 Å². The van der Waals surface area contributed by atoms with Gasteiger partial charge in [0, 0.05) is 45.1 Å². The molecule has 5 heteroatoms. The first-order chi connectivity index (χ1) is 10.7. The minimum absolute atomic E-state index is 0.347. The fourth-order valence-electron chi connectivity index (χ4n) is 2.87. The number of likely N-dealkylation sites (tertiary alicyclic amines) is 1. The highest BCUT2D eigenvalue weighted by atomic mass is 16.5. The van der Waals surface area contributed by atoms with Gasteiger partial charge in [-0.25, -0.2) is 4.79 Å². The van der Waals surface area contributed by atoms with E-state index in [1.165, 1.54) is 10.5 Å². The van der Waals surface area contributed by atoms with Gasteiger partial charge in [-0.1, -0.05) is 30.3 Å². The van der Waals surface area contributed by atoms with Gasteiger partial charge in [-0.3, -0.25) is 4.90 Å². The average molecular weight is 302 g/mol. The first kappa shape index (κ1) is 14.9. The number of amides is 1. The van der Waals surface area contributed by atoms with Gasteiger partial charge < -0.3 is 14.7 Å². The first-order valence-corrected chi connectivity index (χ1v) is 7.76. The Morgan fingerprint density at radius 2 is 2.05 bits per heavy atom. The second-order valence-corrected chi connectivity index (χ2v) is 6.01. The van der Waals surface area contributed by atoms with E-state index in [0.717, 1.165) is 31.8 Å². The van der Waals surface area contributed by atoms with E-state index in [4.69, 9.17) is 9.84 Å². The van der Waals surface area contributed by atoms with Crippen LogP contribution in [0.25, 0.3) is 0 Å². The lowest BCUT2D eigenvalue weighted by Gasteiger charge is -2.37. The van der Waals surface area contributed by atoms with E-state index in [9.17, 15) is 4.79 Å². The van der Waals surface area contributed by atoms with Crippen molar-refractivity contribution >= 4 is 6.09 Å². The molecule has 0 spiro atoms. The molecule has 1 fully saturated rings. The van der Waals surface area contributed by atoms with E-state index < -0.39 is 6.09 Å². The van der Waals surface area contributed by atoms with Crippen LogP contribution in [-0.2, 0) is 11.3 Å². The standard InChI is InChI=1S/C17H22N2O3/c20-17(21)19-11-15(12-19)13-22-16-6-8-18(9-7-16)10-14-4-2-1-3-5-14/h1-6,15H,7-13H2,(H,20,21). The predicted molar refractivity (Wildman–Crippen MR) is 83.5 cm³/mol. The first-order valence-electron chi connectivity index (χ1n) is 7.76. The molecule has 0 radical (unpaired) electrons. The molecule has 0 bridgehead atoms. The maximum Gasteiger partial charge on any atom is 0.407 e. The van der Waals surface area contributed by atoms with Crippen molar-refractivity contribution in [2.75, 3.05) is 32.8 Å². The third-order valence-corrected chi connectivity index (χ3v) is 4.23. The SMILES string of the molecule is O=C(O)N1CC(COC2=CCN(Cc3ccccc3)CC2)C1. The Balaban J connectivity index is 1.38. The fourth-order valence-corrected chi connectivity index (χ4v) is 2.87. The van der Waals surface area contributed by atoms with Crippen molar-refractivity contribution in [1.82, 2.24) is 9.80 Å². The van der Waals surface area contributed by atoms with Gasteiger partial charge in [-0.05, 0) is 11.6 Å². The Morgan fingerprint density at radius 1 is 1.27 bits per heavy atom. The van der Waals surface area contributed by atoms with E-state index >= 15 is 0 Å². The summed E-state index contributed by atoms with van der Waals surface area (Å²) >= 11 is 0. The van der Waals surface area contributed by atoms with Crippen molar-refractivity contribution in [3.8, 4) is 0 Å². The Bertz CT molecular complexity index is 538. The molecule has 0 saturated carbocycles. The van der Waals surface area contributed by atoms with Gasteiger partial charge in [-0.2, -0.15) is 0 Å². The summed E-state index contributed by atoms with van der Waals surface area (Å²) < 4.78 is 5.83. The van der Waals surface area contributed by atoms with Gasteiger partial charge in [0.1, 0.15) is 0 Å². The molecule has 5 nitrogen and oxygen atoms in total. The molecule has 3 rings (SSSR count). The zero-order chi connectivity index (χ0) is 15.4. The second-order valence-electron chi connectivity index (χ2n) is 6.01. The van der Waals surface area contributed by atoms with Crippen LogP contribution in [0.5, 0.6) is 0 Å². The predicted octanol–water partition coefficient (Wildman–Crippen LogP) is 2.40. The molecule has 1 N–H and O–H groups in total. The van der Waals surface area contributed by atoms with Crippen LogP contribution in [0.3, 0.4) is 0 Å². The van der Waals surface area contributed by atoms with Crippen LogP contribution in [0.15, 0.2) is 42.2 Å². The summed E-state index contributed by atoms with van der Waals surface area (Å²) in [5.74, 6) is 1.40. The van der Waals surface area contributed by atoms with Crippen LogP contribution in [0.1, 0.15) is 12.0 Å². The monoisotopic (exact) mass is 302 g/mol. The topological polar surface area (TPSA) is 53.0 Å². The normalized spacial score (nSPS) is 19.5. The van der Waals surface area contributed by atoms with Crippen molar-refractivity contribution < 1.29 is 14.6 Å². The molecule has 1 aromatic rings. The minimum atomic E-state index is -0.829. The van der Waals surface area contributed by atoms with E-state index in [0.29, 0.717) is 25.6 Å². The summed E-state index contributed by atoms with van der Waals surface area (Å²) in [4.78, 5) is 14.5. The summed E-state index contributed by atoms with van der Waals surface area (Å²) in [7, 11) is 0. The molecule has 118 valence electrons. The molecule has 0 aromatic heterocycles. The number of carboxylic acid groups (broad SMARTS) is 1. The van der Waals surface area contributed by atoms with Crippen molar-refractivity contribution in [3.63, 3.8) is 0 Å². The highest BCUT2D eigenvalue weighted by molar-refractivity contribution is 5.65. The van der Waals surface area contributed by atoms with Crippen molar-refractivity contribution in [2.24, 2.45) is 5.92 Å².